The molecule has 2 rings (SSSR count). The van der Waals surface area contributed by atoms with Crippen molar-refractivity contribution in [1.82, 2.24) is 0 Å². The average Bonchev–Trinajstić information content (AvgIpc) is 2.41. The Bertz CT molecular complexity index is 785. The van der Waals surface area contributed by atoms with E-state index in [2.05, 4.69) is 4.72 Å². The fraction of sp³-hybridized carbons (Fsp3) is 0.0714. The van der Waals surface area contributed by atoms with Crippen molar-refractivity contribution >= 4 is 33.3 Å². The quantitative estimate of drug-likeness (QED) is 0.904. The highest BCUT2D eigenvalue weighted by molar-refractivity contribution is 7.92. The van der Waals surface area contributed by atoms with Crippen molar-refractivity contribution in [2.45, 2.75) is 11.8 Å². The third-order valence-electron chi connectivity index (χ3n) is 2.90. The zero-order chi connectivity index (χ0) is 15.6. The highest BCUT2D eigenvalue weighted by Gasteiger charge is 2.20. The predicted molar refractivity (Wildman–Crippen MR) is 80.4 cm³/mol. The van der Waals surface area contributed by atoms with Crippen LogP contribution in [0.3, 0.4) is 0 Å². The topological polar surface area (TPSA) is 83.5 Å². The Kier molecular flexibility index (Phi) is 4.20. The second kappa shape index (κ2) is 5.75. The van der Waals surface area contributed by atoms with Gasteiger partial charge in [0.1, 0.15) is 0 Å². The number of carboxylic acid groups (broad SMARTS) is 1. The molecule has 0 spiro atoms. The Morgan fingerprint density at radius 3 is 2.33 bits per heavy atom. The van der Waals surface area contributed by atoms with E-state index in [9.17, 15) is 13.2 Å². The second-order valence-electron chi connectivity index (χ2n) is 4.35. The molecule has 0 amide bonds. The number of nitrogens with one attached hydrogen (secondary N) is 1. The predicted octanol–water partition coefficient (Wildman–Crippen LogP) is 3.15. The minimum Gasteiger partial charge on any atom is -0.478 e. The Morgan fingerprint density at radius 1 is 1.14 bits per heavy atom. The molecule has 21 heavy (non-hydrogen) atoms. The molecular weight excluding hydrogens is 314 g/mol. The lowest BCUT2D eigenvalue weighted by molar-refractivity contribution is 0.0696. The first-order chi connectivity index (χ1) is 9.81. The van der Waals surface area contributed by atoms with Gasteiger partial charge in [0.15, 0.2) is 0 Å². The van der Waals surface area contributed by atoms with Gasteiger partial charge < -0.3 is 5.11 Å². The lowest BCUT2D eigenvalue weighted by Gasteiger charge is -2.11. The molecule has 0 fully saturated rings. The maximum absolute atomic E-state index is 12.3. The van der Waals surface area contributed by atoms with E-state index < -0.39 is 16.0 Å². The SMILES string of the molecule is Cc1c(C(=O)O)cccc1S(=O)(=O)Nc1ccc(Cl)cc1. The van der Waals surface area contributed by atoms with Crippen molar-refractivity contribution < 1.29 is 18.3 Å². The van der Waals surface area contributed by atoms with Gasteiger partial charge in [-0.25, -0.2) is 13.2 Å². The summed E-state index contributed by atoms with van der Waals surface area (Å²) in [5, 5.41) is 9.53. The molecule has 0 radical (unpaired) electrons. The summed E-state index contributed by atoms with van der Waals surface area (Å²) in [4.78, 5) is 11.0. The van der Waals surface area contributed by atoms with Crippen LogP contribution >= 0.6 is 11.6 Å². The van der Waals surface area contributed by atoms with Gasteiger partial charge in [-0.15, -0.1) is 0 Å². The fourth-order valence-corrected chi connectivity index (χ4v) is 3.32. The number of hydrogen-bond acceptors (Lipinski definition) is 3. The molecule has 0 saturated heterocycles. The summed E-state index contributed by atoms with van der Waals surface area (Å²) in [6.45, 7) is 1.46. The highest BCUT2D eigenvalue weighted by Crippen LogP contribution is 2.22. The van der Waals surface area contributed by atoms with Crippen LogP contribution < -0.4 is 4.72 Å². The summed E-state index contributed by atoms with van der Waals surface area (Å²) >= 11 is 5.74. The Balaban J connectivity index is 2.42. The van der Waals surface area contributed by atoms with Gasteiger partial charge in [0.2, 0.25) is 0 Å². The van der Waals surface area contributed by atoms with Crippen molar-refractivity contribution in [2.75, 3.05) is 4.72 Å². The highest BCUT2D eigenvalue weighted by atomic mass is 35.5. The number of hydrogen-bond donors (Lipinski definition) is 2. The molecule has 0 aliphatic heterocycles. The third-order valence-corrected chi connectivity index (χ3v) is 4.68. The van der Waals surface area contributed by atoms with Crippen LogP contribution in [0.4, 0.5) is 5.69 Å². The lowest BCUT2D eigenvalue weighted by atomic mass is 10.1. The van der Waals surface area contributed by atoms with E-state index in [1.807, 2.05) is 0 Å². The molecular formula is C14H12ClNO4S. The molecule has 0 aromatic heterocycles. The second-order valence-corrected chi connectivity index (χ2v) is 6.43. The van der Waals surface area contributed by atoms with E-state index in [-0.39, 0.29) is 16.0 Å². The van der Waals surface area contributed by atoms with Gasteiger partial charge in [-0.2, -0.15) is 0 Å². The smallest absolute Gasteiger partial charge is 0.335 e. The monoisotopic (exact) mass is 325 g/mol. The van der Waals surface area contributed by atoms with Crippen molar-refractivity contribution in [3.05, 3.63) is 58.6 Å². The minimum atomic E-state index is -3.87. The summed E-state index contributed by atoms with van der Waals surface area (Å²) in [6, 6.07) is 10.3. The molecule has 7 heteroatoms. The van der Waals surface area contributed by atoms with Gasteiger partial charge in [0.25, 0.3) is 10.0 Å². The maximum atomic E-state index is 12.3. The van der Waals surface area contributed by atoms with Crippen LogP contribution in [-0.4, -0.2) is 19.5 Å². The molecule has 5 nitrogen and oxygen atoms in total. The summed E-state index contributed by atoms with van der Waals surface area (Å²) in [7, 11) is -3.87. The largest absolute Gasteiger partial charge is 0.478 e. The zero-order valence-electron chi connectivity index (χ0n) is 11.0. The Labute approximate surface area is 127 Å². The summed E-state index contributed by atoms with van der Waals surface area (Å²) < 4.78 is 27.1. The van der Waals surface area contributed by atoms with Crippen LogP contribution in [0.5, 0.6) is 0 Å². The molecule has 0 atom stereocenters. The molecule has 110 valence electrons. The Hall–Kier alpha value is -2.05. The average molecular weight is 326 g/mol. The van der Waals surface area contributed by atoms with E-state index in [1.165, 1.54) is 37.3 Å². The first kappa shape index (κ1) is 15.3. The van der Waals surface area contributed by atoms with Crippen LogP contribution in [0.1, 0.15) is 15.9 Å². The standard InChI is InChI=1S/C14H12ClNO4S/c1-9-12(14(17)18)3-2-4-13(9)21(19,20)16-11-7-5-10(15)6-8-11/h2-8,16H,1H3,(H,17,18). The van der Waals surface area contributed by atoms with Crippen LogP contribution in [0, 0.1) is 6.92 Å². The maximum Gasteiger partial charge on any atom is 0.335 e. The number of rotatable bonds is 4. The molecule has 0 aliphatic carbocycles. The van der Waals surface area contributed by atoms with Crippen LogP contribution in [0.15, 0.2) is 47.4 Å². The number of sulfonamides is 1. The normalized spacial score (nSPS) is 11.1. The molecule has 0 saturated carbocycles. The van der Waals surface area contributed by atoms with Crippen molar-refractivity contribution in [3.8, 4) is 0 Å². The Morgan fingerprint density at radius 2 is 1.76 bits per heavy atom. The molecule has 0 heterocycles. The van der Waals surface area contributed by atoms with Crippen LogP contribution in [0.2, 0.25) is 5.02 Å². The summed E-state index contributed by atoms with van der Waals surface area (Å²) in [5.74, 6) is -1.17. The van der Waals surface area contributed by atoms with Gasteiger partial charge in [-0.1, -0.05) is 17.7 Å². The minimum absolute atomic E-state index is 0.0472. The molecule has 0 aliphatic rings. The summed E-state index contributed by atoms with van der Waals surface area (Å²) in [5.41, 5.74) is 0.486. The number of anilines is 1. The van der Waals surface area contributed by atoms with Crippen molar-refractivity contribution in [3.63, 3.8) is 0 Å². The van der Waals surface area contributed by atoms with Crippen molar-refractivity contribution in [1.29, 1.82) is 0 Å². The van der Waals surface area contributed by atoms with Gasteiger partial charge in [-0.05, 0) is 48.9 Å². The van der Waals surface area contributed by atoms with E-state index >= 15 is 0 Å². The zero-order valence-corrected chi connectivity index (χ0v) is 12.6. The molecule has 0 bridgehead atoms. The van der Waals surface area contributed by atoms with E-state index in [0.29, 0.717) is 10.7 Å². The van der Waals surface area contributed by atoms with Gasteiger partial charge in [0.05, 0.1) is 10.5 Å². The van der Waals surface area contributed by atoms with E-state index in [1.54, 1.807) is 12.1 Å². The molecule has 0 unspecified atom stereocenters. The van der Waals surface area contributed by atoms with E-state index in [0.717, 1.165) is 0 Å². The summed E-state index contributed by atoms with van der Waals surface area (Å²) in [6.07, 6.45) is 0. The van der Waals surface area contributed by atoms with Crippen molar-refractivity contribution in [2.24, 2.45) is 0 Å². The van der Waals surface area contributed by atoms with Crippen LogP contribution in [0.25, 0.3) is 0 Å². The van der Waals surface area contributed by atoms with Crippen LogP contribution in [-0.2, 0) is 10.0 Å². The molecule has 2 aromatic carbocycles. The first-order valence-electron chi connectivity index (χ1n) is 5.92. The number of aromatic carboxylic acids is 1. The lowest BCUT2D eigenvalue weighted by Crippen LogP contribution is -2.15. The molecule has 2 N–H and O–H groups in total. The van der Waals surface area contributed by atoms with Gasteiger partial charge >= 0.3 is 5.97 Å². The number of benzene rings is 2. The first-order valence-corrected chi connectivity index (χ1v) is 7.78. The number of carbonyl (C=O) groups is 1. The van der Waals surface area contributed by atoms with Gasteiger partial charge in [0, 0.05) is 10.7 Å². The molecule has 2 aromatic rings. The fourth-order valence-electron chi connectivity index (χ4n) is 1.87. The number of halogens is 1. The van der Waals surface area contributed by atoms with E-state index in [4.69, 9.17) is 16.7 Å². The third kappa shape index (κ3) is 3.34. The van der Waals surface area contributed by atoms with Gasteiger partial charge in [-0.3, -0.25) is 4.72 Å². The number of carboxylic acids is 1.